The van der Waals surface area contributed by atoms with Crippen LogP contribution in [0.4, 0.5) is 0 Å². The van der Waals surface area contributed by atoms with Crippen LogP contribution in [0.3, 0.4) is 0 Å². The number of carbonyl (C=O) groups is 2. The predicted octanol–water partition coefficient (Wildman–Crippen LogP) is 7.07. The van der Waals surface area contributed by atoms with Crippen LogP contribution in [-0.2, 0) is 0 Å². The van der Waals surface area contributed by atoms with Crippen molar-refractivity contribution in [2.45, 2.75) is 6.92 Å². The van der Waals surface area contributed by atoms with E-state index in [-0.39, 0.29) is 11.5 Å². The van der Waals surface area contributed by atoms with Gasteiger partial charge in [0.1, 0.15) is 5.69 Å². The van der Waals surface area contributed by atoms with Gasteiger partial charge in [0.2, 0.25) is 5.76 Å². The lowest BCUT2D eigenvalue weighted by atomic mass is 10.0. The van der Waals surface area contributed by atoms with Gasteiger partial charge in [-0.05, 0) is 89.7 Å². The Kier molecular flexibility index (Phi) is 7.99. The first-order chi connectivity index (χ1) is 18.9. The van der Waals surface area contributed by atoms with Crippen LogP contribution in [0.2, 0.25) is 5.02 Å². The van der Waals surface area contributed by atoms with Crippen molar-refractivity contribution in [3.05, 3.63) is 105 Å². The number of furan rings is 1. The number of hydrazone groups is 1. The number of fused-ring (bicyclic) bond motifs is 1. The van der Waals surface area contributed by atoms with Crippen molar-refractivity contribution in [3.8, 4) is 22.6 Å². The maximum atomic E-state index is 13.3. The monoisotopic (exact) mass is 653 g/mol. The highest BCUT2D eigenvalue weighted by Gasteiger charge is 2.21. The molecule has 0 unspecified atom stereocenters. The molecule has 0 atom stereocenters. The Morgan fingerprint density at radius 3 is 2.69 bits per heavy atom. The van der Waals surface area contributed by atoms with E-state index in [4.69, 9.17) is 25.5 Å². The molecule has 0 aliphatic heterocycles. The molecule has 0 aliphatic carbocycles. The second kappa shape index (κ2) is 11.7. The molecule has 0 bridgehead atoms. The largest absolute Gasteiger partial charge is 0.490 e. The first kappa shape index (κ1) is 26.5. The summed E-state index contributed by atoms with van der Waals surface area (Å²) in [6.45, 7) is 2.17. The molecule has 0 radical (unpaired) electrons. The number of amides is 1. The number of hydrogen-bond acceptors (Lipinski definition) is 6. The molecule has 2 heterocycles. The molecule has 10 heteroatoms. The van der Waals surface area contributed by atoms with Crippen LogP contribution in [-0.4, -0.2) is 29.7 Å². The Morgan fingerprint density at radius 1 is 1.08 bits per heavy atom. The number of nitrogens with one attached hydrogen (secondary N) is 2. The van der Waals surface area contributed by atoms with Gasteiger partial charge < -0.3 is 18.9 Å². The third kappa shape index (κ3) is 5.84. The molecular weight excluding hydrogens is 633 g/mol. The first-order valence-corrected chi connectivity index (χ1v) is 13.3. The van der Waals surface area contributed by atoms with Crippen LogP contribution < -0.4 is 14.9 Å². The lowest BCUT2D eigenvalue weighted by Gasteiger charge is -2.10. The molecule has 5 aromatic rings. The van der Waals surface area contributed by atoms with E-state index in [0.29, 0.717) is 34.2 Å². The summed E-state index contributed by atoms with van der Waals surface area (Å²) in [4.78, 5) is 28.7. The van der Waals surface area contributed by atoms with Crippen LogP contribution in [0.15, 0.2) is 88.6 Å². The summed E-state index contributed by atoms with van der Waals surface area (Å²) in [5.74, 6) is -0.414. The quantitative estimate of drug-likeness (QED) is 0.0613. The number of aromatic amines is 1. The molecule has 5 rings (SSSR count). The van der Waals surface area contributed by atoms with E-state index in [1.807, 2.05) is 43.3 Å². The van der Waals surface area contributed by atoms with Crippen molar-refractivity contribution < 1.29 is 23.5 Å². The van der Waals surface area contributed by atoms with Crippen LogP contribution >= 0.6 is 34.2 Å². The number of H-pyrrole nitrogens is 1. The van der Waals surface area contributed by atoms with Crippen LogP contribution in [0.25, 0.3) is 22.0 Å². The van der Waals surface area contributed by atoms with Crippen molar-refractivity contribution in [2.24, 2.45) is 5.10 Å². The zero-order valence-electron chi connectivity index (χ0n) is 20.5. The van der Waals surface area contributed by atoms with Gasteiger partial charge in [0.15, 0.2) is 11.5 Å². The van der Waals surface area contributed by atoms with Gasteiger partial charge >= 0.3 is 5.97 Å². The van der Waals surface area contributed by atoms with Gasteiger partial charge in [-0.3, -0.25) is 4.79 Å². The van der Waals surface area contributed by atoms with Crippen molar-refractivity contribution in [2.75, 3.05) is 6.61 Å². The number of rotatable bonds is 8. The topological polar surface area (TPSA) is 106 Å². The summed E-state index contributed by atoms with van der Waals surface area (Å²) in [5.41, 5.74) is 5.79. The first-order valence-electron chi connectivity index (χ1n) is 11.9. The van der Waals surface area contributed by atoms with Crippen molar-refractivity contribution >= 4 is 63.2 Å². The van der Waals surface area contributed by atoms with Gasteiger partial charge in [-0.1, -0.05) is 29.8 Å². The number of ether oxygens (including phenoxy) is 2. The normalized spacial score (nSPS) is 11.2. The molecule has 3 aromatic carbocycles. The molecule has 196 valence electrons. The Morgan fingerprint density at radius 2 is 1.92 bits per heavy atom. The number of benzene rings is 3. The van der Waals surface area contributed by atoms with E-state index in [1.165, 1.54) is 18.5 Å². The predicted molar refractivity (Wildman–Crippen MR) is 158 cm³/mol. The number of hydrogen-bond donors (Lipinski definition) is 2. The van der Waals surface area contributed by atoms with Gasteiger partial charge in [-0.25, -0.2) is 10.2 Å². The van der Waals surface area contributed by atoms with Gasteiger partial charge in [-0.15, -0.1) is 0 Å². The fourth-order valence-electron chi connectivity index (χ4n) is 4.00. The van der Waals surface area contributed by atoms with Crippen molar-refractivity contribution in [3.63, 3.8) is 0 Å². The Hall–Kier alpha value is -4.09. The average molecular weight is 654 g/mol. The summed E-state index contributed by atoms with van der Waals surface area (Å²) in [6, 6.07) is 21.3. The standard InChI is InChI=1S/C29H21ClIN3O5/c1-2-37-25-14-17(9-12-23(25)39-29(36)24-8-5-13-38-24)16-32-34-28(35)27-26(19-6-3-4-7-21(19)30)20-15-18(31)10-11-22(20)33-27/h3-16,33H,2H2,1H3,(H,34,35). The third-order valence-electron chi connectivity index (χ3n) is 5.70. The zero-order valence-corrected chi connectivity index (χ0v) is 23.4. The van der Waals surface area contributed by atoms with E-state index in [0.717, 1.165) is 20.0 Å². The highest BCUT2D eigenvalue weighted by Crippen LogP contribution is 2.37. The van der Waals surface area contributed by atoms with Gasteiger partial charge in [0.05, 0.1) is 19.1 Å². The number of esters is 1. The van der Waals surface area contributed by atoms with Crippen molar-refractivity contribution in [1.82, 2.24) is 10.4 Å². The highest BCUT2D eigenvalue weighted by atomic mass is 127. The summed E-state index contributed by atoms with van der Waals surface area (Å²) < 4.78 is 17.2. The maximum absolute atomic E-state index is 13.3. The van der Waals surface area contributed by atoms with Gasteiger partial charge in [0, 0.05) is 30.6 Å². The second-order valence-electron chi connectivity index (χ2n) is 8.25. The fraction of sp³-hybridized carbons (Fsp3) is 0.0690. The van der Waals surface area contributed by atoms with E-state index in [9.17, 15) is 9.59 Å². The lowest BCUT2D eigenvalue weighted by molar-refractivity contribution is 0.0695. The summed E-state index contributed by atoms with van der Waals surface area (Å²) >= 11 is 8.74. The minimum atomic E-state index is -0.642. The lowest BCUT2D eigenvalue weighted by Crippen LogP contribution is -2.19. The number of carbonyl (C=O) groups excluding carboxylic acids is 2. The Bertz CT molecular complexity index is 1690. The van der Waals surface area contributed by atoms with Gasteiger partial charge in [0.25, 0.3) is 5.91 Å². The fourth-order valence-corrected chi connectivity index (χ4v) is 4.72. The number of halogens is 2. The SMILES string of the molecule is CCOc1cc(C=NNC(=O)c2[nH]c3ccc(I)cc3c2-c2ccccc2Cl)ccc1OC(=O)c1ccco1. The van der Waals surface area contributed by atoms with Crippen LogP contribution in [0.5, 0.6) is 11.5 Å². The van der Waals surface area contributed by atoms with E-state index >= 15 is 0 Å². The van der Waals surface area contributed by atoms with E-state index in [2.05, 4.69) is 38.1 Å². The van der Waals surface area contributed by atoms with Gasteiger partial charge in [-0.2, -0.15) is 5.10 Å². The number of aromatic nitrogens is 1. The smallest absolute Gasteiger partial charge is 0.379 e. The third-order valence-corrected chi connectivity index (χ3v) is 6.70. The summed E-state index contributed by atoms with van der Waals surface area (Å²) in [6.07, 6.45) is 2.86. The molecule has 0 saturated carbocycles. The minimum Gasteiger partial charge on any atom is -0.490 e. The second-order valence-corrected chi connectivity index (χ2v) is 9.90. The summed E-state index contributed by atoms with van der Waals surface area (Å²) in [5, 5.41) is 5.55. The van der Waals surface area contributed by atoms with Crippen molar-refractivity contribution in [1.29, 1.82) is 0 Å². The zero-order chi connectivity index (χ0) is 27.4. The molecular formula is C29H21ClIN3O5. The molecule has 0 spiro atoms. The van der Waals surface area contributed by atoms with E-state index < -0.39 is 11.9 Å². The molecule has 0 saturated heterocycles. The number of nitrogens with zero attached hydrogens (tertiary/aromatic N) is 1. The molecule has 1 amide bonds. The maximum Gasteiger partial charge on any atom is 0.379 e. The molecule has 8 nitrogen and oxygen atoms in total. The minimum absolute atomic E-state index is 0.0775. The summed E-state index contributed by atoms with van der Waals surface area (Å²) in [7, 11) is 0. The molecule has 2 aromatic heterocycles. The molecule has 0 fully saturated rings. The van der Waals surface area contributed by atoms with E-state index in [1.54, 1.807) is 30.3 Å². The van der Waals surface area contributed by atoms with Crippen LogP contribution in [0, 0.1) is 3.57 Å². The molecule has 0 aliphatic rings. The Labute approximate surface area is 242 Å². The molecule has 2 N–H and O–H groups in total. The Balaban J connectivity index is 1.39. The molecule has 39 heavy (non-hydrogen) atoms. The highest BCUT2D eigenvalue weighted by molar-refractivity contribution is 14.1. The average Bonchev–Trinajstić information content (AvgIpc) is 3.59. The van der Waals surface area contributed by atoms with Crippen LogP contribution in [0.1, 0.15) is 33.5 Å².